The number of anilines is 1. The van der Waals surface area contributed by atoms with Crippen molar-refractivity contribution in [2.45, 2.75) is 45.1 Å². The van der Waals surface area contributed by atoms with Crippen molar-refractivity contribution in [3.8, 4) is 0 Å². The highest BCUT2D eigenvalue weighted by Crippen LogP contribution is 2.40. The maximum absolute atomic E-state index is 11.1. The van der Waals surface area contributed by atoms with Gasteiger partial charge in [0.25, 0.3) is 5.91 Å². The summed E-state index contributed by atoms with van der Waals surface area (Å²) in [5.74, 6) is -0.549. The average Bonchev–Trinajstić information content (AvgIpc) is 2.41. The molecule has 1 saturated carbocycles. The van der Waals surface area contributed by atoms with E-state index in [9.17, 15) is 9.90 Å². The fraction of sp³-hybridized carbons (Fsp3) is 0.600. The van der Waals surface area contributed by atoms with Crippen molar-refractivity contribution < 1.29 is 9.90 Å². The molecule has 1 aliphatic rings. The molecule has 2 rings (SSSR count). The third-order valence-corrected chi connectivity index (χ3v) is 4.17. The Kier molecular flexibility index (Phi) is 3.99. The smallest absolute Gasteiger partial charge is 0.267 e. The molecule has 1 fully saturated rings. The minimum absolute atomic E-state index is 0.228. The largest absolute Gasteiger partial charge is 0.388 e. The number of aliphatic hydroxyl groups is 1. The molecule has 0 bridgehead atoms. The number of nitrogens with zero attached hydrogens (tertiary/aromatic N) is 1. The third-order valence-electron chi connectivity index (χ3n) is 4.17. The third kappa shape index (κ3) is 3.70. The van der Waals surface area contributed by atoms with E-state index in [2.05, 4.69) is 24.1 Å². The number of hydrogen-bond donors (Lipinski definition) is 3. The minimum Gasteiger partial charge on any atom is -0.388 e. The number of primary amides is 1. The molecule has 5 heteroatoms. The van der Waals surface area contributed by atoms with E-state index in [0.717, 1.165) is 31.4 Å². The van der Waals surface area contributed by atoms with Gasteiger partial charge in [-0.05, 0) is 43.2 Å². The number of rotatable bonds is 4. The van der Waals surface area contributed by atoms with Crippen molar-refractivity contribution in [1.82, 2.24) is 4.98 Å². The molecule has 0 radical (unpaired) electrons. The van der Waals surface area contributed by atoms with Gasteiger partial charge in [0, 0.05) is 18.4 Å². The standard InChI is InChI=1S/C15H23N3O2/c1-14(2)4-6-15(20,7-5-14)10-18-11-3-8-17-12(9-11)13(16)19/h3,8-9,20H,4-7,10H2,1-2H3,(H2,16,19)(H,17,18). The number of carbonyl (C=O) groups is 1. The Balaban J connectivity index is 1.95. The van der Waals surface area contributed by atoms with Gasteiger partial charge in [-0.2, -0.15) is 0 Å². The number of carbonyl (C=O) groups excluding carboxylic acids is 1. The van der Waals surface area contributed by atoms with E-state index >= 15 is 0 Å². The topological polar surface area (TPSA) is 88.2 Å². The molecule has 0 saturated heterocycles. The summed E-state index contributed by atoms with van der Waals surface area (Å²) >= 11 is 0. The molecule has 1 aliphatic carbocycles. The molecule has 110 valence electrons. The molecule has 1 heterocycles. The molecule has 20 heavy (non-hydrogen) atoms. The Hall–Kier alpha value is -1.62. The first-order valence-electron chi connectivity index (χ1n) is 7.02. The molecule has 5 nitrogen and oxygen atoms in total. The molecular formula is C15H23N3O2. The van der Waals surface area contributed by atoms with Crippen LogP contribution in [0.5, 0.6) is 0 Å². The van der Waals surface area contributed by atoms with Crippen LogP contribution in [0.15, 0.2) is 18.3 Å². The summed E-state index contributed by atoms with van der Waals surface area (Å²) in [6.45, 7) is 4.95. The van der Waals surface area contributed by atoms with Crippen molar-refractivity contribution in [3.05, 3.63) is 24.0 Å². The number of amides is 1. The lowest BCUT2D eigenvalue weighted by Crippen LogP contribution is -2.42. The molecule has 0 atom stereocenters. The summed E-state index contributed by atoms with van der Waals surface area (Å²) in [4.78, 5) is 15.0. The molecule has 1 aromatic rings. The number of hydrogen-bond acceptors (Lipinski definition) is 4. The second-order valence-electron chi connectivity index (χ2n) is 6.54. The van der Waals surface area contributed by atoms with Crippen molar-refractivity contribution in [2.24, 2.45) is 11.1 Å². The van der Waals surface area contributed by atoms with Crippen molar-refractivity contribution in [1.29, 1.82) is 0 Å². The van der Waals surface area contributed by atoms with Crippen LogP contribution >= 0.6 is 0 Å². The molecule has 1 aromatic heterocycles. The van der Waals surface area contributed by atoms with Crippen molar-refractivity contribution in [2.75, 3.05) is 11.9 Å². The van der Waals surface area contributed by atoms with Crippen LogP contribution in [-0.4, -0.2) is 28.1 Å². The first kappa shape index (κ1) is 14.8. The van der Waals surface area contributed by atoms with Gasteiger partial charge in [0.05, 0.1) is 5.60 Å². The normalized spacial score (nSPS) is 20.4. The van der Waals surface area contributed by atoms with Gasteiger partial charge in [-0.25, -0.2) is 0 Å². The molecule has 1 amide bonds. The van der Waals surface area contributed by atoms with Crippen LogP contribution in [0, 0.1) is 5.41 Å². The van der Waals surface area contributed by atoms with E-state index in [-0.39, 0.29) is 5.69 Å². The van der Waals surface area contributed by atoms with Crippen LogP contribution in [0.2, 0.25) is 0 Å². The predicted molar refractivity (Wildman–Crippen MR) is 78.4 cm³/mol. The quantitative estimate of drug-likeness (QED) is 0.784. The highest BCUT2D eigenvalue weighted by Gasteiger charge is 2.36. The van der Waals surface area contributed by atoms with Gasteiger partial charge in [-0.15, -0.1) is 0 Å². The second kappa shape index (κ2) is 5.40. The summed E-state index contributed by atoms with van der Waals surface area (Å²) in [5.41, 5.74) is 5.83. The average molecular weight is 277 g/mol. The number of pyridine rings is 1. The highest BCUT2D eigenvalue weighted by atomic mass is 16.3. The Morgan fingerprint density at radius 3 is 2.65 bits per heavy atom. The first-order chi connectivity index (χ1) is 9.30. The number of nitrogens with one attached hydrogen (secondary N) is 1. The Morgan fingerprint density at radius 2 is 2.05 bits per heavy atom. The maximum atomic E-state index is 11.1. The number of nitrogens with two attached hydrogens (primary N) is 1. The highest BCUT2D eigenvalue weighted by molar-refractivity contribution is 5.91. The molecule has 0 unspecified atom stereocenters. The summed E-state index contributed by atoms with van der Waals surface area (Å²) in [5, 5.41) is 13.8. The fourth-order valence-corrected chi connectivity index (χ4v) is 2.51. The van der Waals surface area contributed by atoms with Gasteiger partial charge in [0.1, 0.15) is 5.69 Å². The molecule has 4 N–H and O–H groups in total. The van der Waals surface area contributed by atoms with Gasteiger partial charge in [-0.3, -0.25) is 9.78 Å². The minimum atomic E-state index is -0.675. The summed E-state index contributed by atoms with van der Waals surface area (Å²) in [7, 11) is 0. The molecular weight excluding hydrogens is 254 g/mol. The lowest BCUT2D eigenvalue weighted by atomic mass is 9.71. The van der Waals surface area contributed by atoms with Gasteiger partial charge < -0.3 is 16.2 Å². The van der Waals surface area contributed by atoms with Crippen molar-refractivity contribution >= 4 is 11.6 Å². The van der Waals surface area contributed by atoms with Crippen LogP contribution in [0.4, 0.5) is 5.69 Å². The number of aromatic nitrogens is 1. The molecule has 0 aromatic carbocycles. The van der Waals surface area contributed by atoms with Gasteiger partial charge >= 0.3 is 0 Å². The lowest BCUT2D eigenvalue weighted by Gasteiger charge is -2.40. The van der Waals surface area contributed by atoms with Crippen LogP contribution in [-0.2, 0) is 0 Å². The predicted octanol–water partition coefficient (Wildman–Crippen LogP) is 1.92. The Bertz CT molecular complexity index is 490. The van der Waals surface area contributed by atoms with E-state index in [1.165, 1.54) is 6.20 Å². The van der Waals surface area contributed by atoms with Gasteiger partial charge in [0.2, 0.25) is 0 Å². The summed E-state index contributed by atoms with van der Waals surface area (Å²) in [6.07, 6.45) is 5.17. The zero-order valence-electron chi connectivity index (χ0n) is 12.1. The van der Waals surface area contributed by atoms with Gasteiger partial charge in [0.15, 0.2) is 0 Å². The first-order valence-corrected chi connectivity index (χ1v) is 7.02. The zero-order valence-corrected chi connectivity index (χ0v) is 12.1. The SMILES string of the molecule is CC1(C)CCC(O)(CNc2ccnc(C(N)=O)c2)CC1. The summed E-state index contributed by atoms with van der Waals surface area (Å²) in [6, 6.07) is 3.38. The van der Waals surface area contributed by atoms with E-state index in [1.807, 2.05) is 0 Å². The van der Waals surface area contributed by atoms with Crippen LogP contribution in [0.25, 0.3) is 0 Å². The fourth-order valence-electron chi connectivity index (χ4n) is 2.51. The monoisotopic (exact) mass is 277 g/mol. The molecule has 0 spiro atoms. The van der Waals surface area contributed by atoms with E-state index in [1.54, 1.807) is 12.1 Å². The molecule has 0 aliphatic heterocycles. The lowest BCUT2D eigenvalue weighted by molar-refractivity contribution is -0.0145. The Morgan fingerprint density at radius 1 is 1.40 bits per heavy atom. The second-order valence-corrected chi connectivity index (χ2v) is 6.54. The van der Waals surface area contributed by atoms with Crippen LogP contribution in [0.1, 0.15) is 50.0 Å². The zero-order chi connectivity index (χ0) is 14.8. The van der Waals surface area contributed by atoms with Gasteiger partial charge in [-0.1, -0.05) is 13.8 Å². The van der Waals surface area contributed by atoms with E-state index < -0.39 is 11.5 Å². The van der Waals surface area contributed by atoms with E-state index in [0.29, 0.717) is 12.0 Å². The summed E-state index contributed by atoms with van der Waals surface area (Å²) < 4.78 is 0. The van der Waals surface area contributed by atoms with Crippen LogP contribution in [0.3, 0.4) is 0 Å². The maximum Gasteiger partial charge on any atom is 0.267 e. The van der Waals surface area contributed by atoms with E-state index in [4.69, 9.17) is 5.73 Å². The Labute approximate surface area is 119 Å². The van der Waals surface area contributed by atoms with Crippen molar-refractivity contribution in [3.63, 3.8) is 0 Å². The van der Waals surface area contributed by atoms with Crippen LogP contribution < -0.4 is 11.1 Å².